The Morgan fingerprint density at radius 3 is 2.35 bits per heavy atom. The number of nitrogens with one attached hydrogen (secondary N) is 1. The summed E-state index contributed by atoms with van der Waals surface area (Å²) in [5, 5.41) is 8.93. The molecule has 0 fully saturated rings. The first-order chi connectivity index (χ1) is 19.1. The summed E-state index contributed by atoms with van der Waals surface area (Å²) in [4.78, 5) is 26.7. The number of anilines is 2. The summed E-state index contributed by atoms with van der Waals surface area (Å²) < 4.78 is 27.6. The Bertz CT molecular complexity index is 1600. The SMILES string of the molecule is CC1=NN(c2cc(Cc3ccc(Cl)cc3)cc(-c3ccccc3)c2)C(=O)C1C(=O)Nc1cccc(C(C)(F)F)c1. The van der Waals surface area contributed by atoms with Gasteiger partial charge in [0.1, 0.15) is 0 Å². The fourth-order valence-corrected chi connectivity index (χ4v) is 4.80. The quantitative estimate of drug-likeness (QED) is 0.237. The standard InChI is InChI=1S/C32H26ClF2N3O2/c1-20-29(30(39)36-27-10-6-9-25(19-27)32(2,34)35)31(40)38(37-20)28-17-22(15-21-11-13-26(33)14-12-21)16-24(18-28)23-7-4-3-5-8-23/h3-14,16-19,29H,15H2,1-2H3,(H,36,39). The Hall–Kier alpha value is -4.36. The van der Waals surface area contributed by atoms with E-state index in [2.05, 4.69) is 16.5 Å². The number of amides is 2. The molecule has 0 aromatic heterocycles. The van der Waals surface area contributed by atoms with Crippen LogP contribution in [0.4, 0.5) is 20.2 Å². The van der Waals surface area contributed by atoms with Gasteiger partial charge in [0.25, 0.3) is 11.8 Å². The second kappa shape index (κ2) is 11.0. The maximum Gasteiger partial charge on any atom is 0.270 e. The monoisotopic (exact) mass is 557 g/mol. The fraction of sp³-hybridized carbons (Fsp3) is 0.156. The number of alkyl halides is 2. The highest BCUT2D eigenvalue weighted by atomic mass is 35.5. The molecule has 4 aromatic carbocycles. The molecule has 0 radical (unpaired) electrons. The van der Waals surface area contributed by atoms with Gasteiger partial charge in [0.05, 0.1) is 11.4 Å². The van der Waals surface area contributed by atoms with Gasteiger partial charge in [-0.05, 0) is 72.0 Å². The topological polar surface area (TPSA) is 61.8 Å². The molecule has 5 rings (SSSR count). The number of halogens is 3. The van der Waals surface area contributed by atoms with Crippen LogP contribution < -0.4 is 10.3 Å². The van der Waals surface area contributed by atoms with Crippen molar-refractivity contribution in [2.45, 2.75) is 26.2 Å². The molecule has 4 aromatic rings. The van der Waals surface area contributed by atoms with Gasteiger partial charge in [0.2, 0.25) is 5.91 Å². The molecule has 1 unspecified atom stereocenters. The Labute approximate surface area is 236 Å². The van der Waals surface area contributed by atoms with E-state index in [4.69, 9.17) is 11.6 Å². The molecule has 0 saturated heterocycles. The predicted molar refractivity (Wildman–Crippen MR) is 155 cm³/mol. The Balaban J connectivity index is 1.44. The third kappa shape index (κ3) is 5.95. The minimum atomic E-state index is -3.06. The first kappa shape index (κ1) is 27.2. The van der Waals surface area contributed by atoms with E-state index in [1.165, 1.54) is 29.3 Å². The smallest absolute Gasteiger partial charge is 0.270 e. The van der Waals surface area contributed by atoms with Crippen molar-refractivity contribution in [3.63, 3.8) is 0 Å². The van der Waals surface area contributed by atoms with E-state index >= 15 is 0 Å². The summed E-state index contributed by atoms with van der Waals surface area (Å²) in [7, 11) is 0. The van der Waals surface area contributed by atoms with Crippen LogP contribution in [0, 0.1) is 5.92 Å². The molecule has 1 aliphatic rings. The average molecular weight is 558 g/mol. The second-order valence-corrected chi connectivity index (χ2v) is 10.3. The van der Waals surface area contributed by atoms with E-state index in [-0.39, 0.29) is 11.3 Å². The van der Waals surface area contributed by atoms with Crippen LogP contribution in [0.25, 0.3) is 11.1 Å². The number of hydrogen-bond acceptors (Lipinski definition) is 3. The lowest BCUT2D eigenvalue weighted by Gasteiger charge is -2.18. The zero-order chi connectivity index (χ0) is 28.4. The minimum absolute atomic E-state index is 0.180. The van der Waals surface area contributed by atoms with Crippen molar-refractivity contribution in [3.8, 4) is 11.1 Å². The van der Waals surface area contributed by atoms with Crippen LogP contribution in [0.1, 0.15) is 30.5 Å². The third-order valence-electron chi connectivity index (χ3n) is 6.68. The highest BCUT2D eigenvalue weighted by Gasteiger charge is 2.40. The molecule has 0 bridgehead atoms. The van der Waals surface area contributed by atoms with Crippen LogP contribution in [-0.2, 0) is 21.9 Å². The molecular weight excluding hydrogens is 532 g/mol. The summed E-state index contributed by atoms with van der Waals surface area (Å²) in [6.45, 7) is 2.39. The van der Waals surface area contributed by atoms with Crippen molar-refractivity contribution in [2.24, 2.45) is 11.0 Å². The molecule has 1 N–H and O–H groups in total. The van der Waals surface area contributed by atoms with E-state index in [0.717, 1.165) is 29.2 Å². The summed E-state index contributed by atoms with van der Waals surface area (Å²) in [5.41, 5.74) is 4.64. The molecule has 5 nitrogen and oxygen atoms in total. The van der Waals surface area contributed by atoms with E-state index in [1.54, 1.807) is 6.92 Å². The normalized spacial score (nSPS) is 15.2. The molecule has 1 aliphatic heterocycles. The van der Waals surface area contributed by atoms with Gasteiger partial charge in [-0.2, -0.15) is 10.1 Å². The van der Waals surface area contributed by atoms with Gasteiger partial charge < -0.3 is 5.32 Å². The lowest BCUT2D eigenvalue weighted by Crippen LogP contribution is -2.36. The zero-order valence-electron chi connectivity index (χ0n) is 21.9. The van der Waals surface area contributed by atoms with Crippen LogP contribution >= 0.6 is 11.6 Å². The first-order valence-electron chi connectivity index (χ1n) is 12.7. The molecule has 0 saturated carbocycles. The molecule has 0 aliphatic carbocycles. The Kier molecular flexibility index (Phi) is 7.50. The molecule has 0 spiro atoms. The van der Waals surface area contributed by atoms with Crippen LogP contribution in [0.3, 0.4) is 0 Å². The number of hydrazone groups is 1. The van der Waals surface area contributed by atoms with Gasteiger partial charge in [-0.15, -0.1) is 0 Å². The first-order valence-corrected chi connectivity index (χ1v) is 13.1. The van der Waals surface area contributed by atoms with Crippen molar-refractivity contribution in [2.75, 3.05) is 10.3 Å². The van der Waals surface area contributed by atoms with Crippen molar-refractivity contribution in [3.05, 3.63) is 119 Å². The van der Waals surface area contributed by atoms with Crippen molar-refractivity contribution in [1.82, 2.24) is 0 Å². The molecule has 202 valence electrons. The maximum absolute atomic E-state index is 13.8. The van der Waals surface area contributed by atoms with Gasteiger partial charge >= 0.3 is 0 Å². The van der Waals surface area contributed by atoms with Crippen LogP contribution in [0.5, 0.6) is 0 Å². The maximum atomic E-state index is 13.8. The summed E-state index contributed by atoms with van der Waals surface area (Å²) >= 11 is 6.05. The highest BCUT2D eigenvalue weighted by molar-refractivity contribution is 6.30. The van der Waals surface area contributed by atoms with Crippen LogP contribution in [0.15, 0.2) is 102 Å². The number of benzene rings is 4. The van der Waals surface area contributed by atoms with Gasteiger partial charge in [0, 0.05) is 23.2 Å². The molecule has 8 heteroatoms. The second-order valence-electron chi connectivity index (χ2n) is 9.84. The number of rotatable bonds is 7. The van der Waals surface area contributed by atoms with E-state index in [1.807, 2.05) is 66.7 Å². The van der Waals surface area contributed by atoms with Crippen molar-refractivity contribution < 1.29 is 18.4 Å². The van der Waals surface area contributed by atoms with Gasteiger partial charge in [-0.3, -0.25) is 9.59 Å². The molecule has 1 atom stereocenters. The molecule has 40 heavy (non-hydrogen) atoms. The summed E-state index contributed by atoms with van der Waals surface area (Å²) in [5.74, 6) is -5.41. The lowest BCUT2D eigenvalue weighted by molar-refractivity contribution is -0.127. The minimum Gasteiger partial charge on any atom is -0.325 e. The molecular formula is C32H26ClF2N3O2. The van der Waals surface area contributed by atoms with Crippen LogP contribution in [0.2, 0.25) is 5.02 Å². The Morgan fingerprint density at radius 1 is 0.925 bits per heavy atom. The number of nitrogens with zero attached hydrogens (tertiary/aromatic N) is 2. The third-order valence-corrected chi connectivity index (χ3v) is 6.93. The zero-order valence-corrected chi connectivity index (χ0v) is 22.6. The summed E-state index contributed by atoms with van der Waals surface area (Å²) in [6, 6.07) is 28.6. The van der Waals surface area contributed by atoms with Gasteiger partial charge in [-0.25, -0.2) is 8.78 Å². The van der Waals surface area contributed by atoms with E-state index in [0.29, 0.717) is 22.8 Å². The summed E-state index contributed by atoms with van der Waals surface area (Å²) in [6.07, 6.45) is 0.595. The predicted octanol–water partition coefficient (Wildman–Crippen LogP) is 7.69. The molecule has 1 heterocycles. The van der Waals surface area contributed by atoms with Gasteiger partial charge in [-0.1, -0.05) is 72.3 Å². The largest absolute Gasteiger partial charge is 0.325 e. The highest BCUT2D eigenvalue weighted by Crippen LogP contribution is 2.33. The number of hydrogen-bond donors (Lipinski definition) is 1. The lowest BCUT2D eigenvalue weighted by atomic mass is 9.97. The Morgan fingerprint density at radius 2 is 1.65 bits per heavy atom. The van der Waals surface area contributed by atoms with Crippen molar-refractivity contribution in [1.29, 1.82) is 0 Å². The van der Waals surface area contributed by atoms with Crippen LogP contribution in [-0.4, -0.2) is 17.5 Å². The molecule has 2 amide bonds. The fourth-order valence-electron chi connectivity index (χ4n) is 4.67. The van der Waals surface area contributed by atoms with E-state index in [9.17, 15) is 18.4 Å². The van der Waals surface area contributed by atoms with Gasteiger partial charge in [0.15, 0.2) is 5.92 Å². The van der Waals surface area contributed by atoms with E-state index < -0.39 is 23.7 Å². The average Bonchev–Trinajstić information content (AvgIpc) is 3.23. The van der Waals surface area contributed by atoms with Crippen molar-refractivity contribution >= 4 is 40.5 Å². The number of carbonyl (C=O) groups excluding carboxylic acids is 2. The number of carbonyl (C=O) groups is 2.